The molecule has 1 aromatic heterocycles. The fourth-order valence-corrected chi connectivity index (χ4v) is 3.05. The molecule has 1 aliphatic rings. The van der Waals surface area contributed by atoms with Crippen molar-refractivity contribution in [1.82, 2.24) is 9.78 Å². The summed E-state index contributed by atoms with van der Waals surface area (Å²) in [6.07, 6.45) is 14.2. The van der Waals surface area contributed by atoms with Gasteiger partial charge in [0.2, 0.25) is 0 Å². The summed E-state index contributed by atoms with van der Waals surface area (Å²) in [5.74, 6) is 1.36. The molecule has 0 atom stereocenters. The van der Waals surface area contributed by atoms with E-state index in [4.69, 9.17) is 11.6 Å². The maximum Gasteiger partial charge on any atom is 0.0562 e. The second-order valence-electron chi connectivity index (χ2n) is 5.22. The summed E-state index contributed by atoms with van der Waals surface area (Å²) in [5.41, 5.74) is 2.59. The summed E-state index contributed by atoms with van der Waals surface area (Å²) >= 11 is 6.12. The van der Waals surface area contributed by atoms with E-state index in [0.29, 0.717) is 11.8 Å². The summed E-state index contributed by atoms with van der Waals surface area (Å²) in [4.78, 5) is 0. The summed E-state index contributed by atoms with van der Waals surface area (Å²) in [5, 5.41) is 4.37. The number of hydrogen-bond acceptors (Lipinski definition) is 1. The molecule has 0 spiro atoms. The lowest BCUT2D eigenvalue weighted by molar-refractivity contribution is 0.405. The van der Waals surface area contributed by atoms with Crippen LogP contribution >= 0.6 is 11.6 Å². The second kappa shape index (κ2) is 6.98. The minimum atomic E-state index is 0.656. The average Bonchev–Trinajstić information content (AvgIpc) is 2.85. The van der Waals surface area contributed by atoms with E-state index in [1.54, 1.807) is 0 Å². The van der Waals surface area contributed by atoms with Gasteiger partial charge in [0.25, 0.3) is 0 Å². The third kappa shape index (κ3) is 3.61. The molecule has 1 aromatic rings. The highest BCUT2D eigenvalue weighted by molar-refractivity contribution is 6.19. The smallest absolute Gasteiger partial charge is 0.0562 e. The molecule has 3 heteroatoms. The van der Waals surface area contributed by atoms with Crippen LogP contribution in [0.1, 0.15) is 51.0 Å². The van der Waals surface area contributed by atoms with Gasteiger partial charge in [-0.25, -0.2) is 0 Å². The first-order chi connectivity index (χ1) is 8.83. The van der Waals surface area contributed by atoms with Gasteiger partial charge in [-0.1, -0.05) is 37.8 Å². The Kier molecular flexibility index (Phi) is 5.30. The minimum Gasteiger partial charge on any atom is -0.272 e. The number of aryl methyl sites for hydroxylation is 1. The van der Waals surface area contributed by atoms with Gasteiger partial charge in [-0.15, -0.1) is 11.6 Å². The molecule has 2 rings (SSSR count). The zero-order chi connectivity index (χ0) is 12.8. The highest BCUT2D eigenvalue weighted by Gasteiger charge is 2.17. The predicted molar refractivity (Wildman–Crippen MR) is 77.8 cm³/mol. The van der Waals surface area contributed by atoms with Crippen molar-refractivity contribution in [2.75, 3.05) is 5.88 Å². The zero-order valence-corrected chi connectivity index (χ0v) is 12.0. The first-order valence-electron chi connectivity index (χ1n) is 7.12. The van der Waals surface area contributed by atoms with E-state index in [1.165, 1.54) is 43.2 Å². The summed E-state index contributed by atoms with van der Waals surface area (Å²) in [6, 6.07) is 0. The van der Waals surface area contributed by atoms with Gasteiger partial charge in [-0.05, 0) is 25.2 Å². The molecule has 1 aliphatic carbocycles. The van der Waals surface area contributed by atoms with E-state index < -0.39 is 0 Å². The fourth-order valence-electron chi connectivity index (χ4n) is 2.76. The third-order valence-corrected chi connectivity index (χ3v) is 4.05. The van der Waals surface area contributed by atoms with Crippen LogP contribution in [-0.2, 0) is 6.54 Å². The van der Waals surface area contributed by atoms with Gasteiger partial charge in [0.15, 0.2) is 0 Å². The van der Waals surface area contributed by atoms with Crippen LogP contribution in [0.2, 0.25) is 0 Å². The molecule has 0 unspecified atom stereocenters. The molecule has 0 N–H and O–H groups in total. The number of nitrogens with zero attached hydrogens (tertiary/aromatic N) is 2. The number of allylic oxidation sites excluding steroid dienone is 1. The molecule has 1 saturated carbocycles. The molecular formula is C15H23ClN2. The maximum atomic E-state index is 6.12. The van der Waals surface area contributed by atoms with Crippen LogP contribution in [-0.4, -0.2) is 15.7 Å². The van der Waals surface area contributed by atoms with Gasteiger partial charge in [-0.2, -0.15) is 5.10 Å². The molecule has 0 radical (unpaired) electrons. The van der Waals surface area contributed by atoms with Crippen molar-refractivity contribution >= 4 is 17.7 Å². The summed E-state index contributed by atoms with van der Waals surface area (Å²) < 4.78 is 2.01. The summed E-state index contributed by atoms with van der Waals surface area (Å²) in [6.45, 7) is 3.16. The lowest BCUT2D eigenvalue weighted by Crippen LogP contribution is -2.10. The van der Waals surface area contributed by atoms with Gasteiger partial charge < -0.3 is 0 Å². The molecule has 0 aromatic carbocycles. The average molecular weight is 267 g/mol. The topological polar surface area (TPSA) is 17.8 Å². The van der Waals surface area contributed by atoms with Crippen molar-refractivity contribution < 1.29 is 0 Å². The van der Waals surface area contributed by atoms with Gasteiger partial charge in [0.05, 0.1) is 6.20 Å². The van der Waals surface area contributed by atoms with Crippen molar-refractivity contribution in [1.29, 1.82) is 0 Å². The predicted octanol–water partition coefficient (Wildman–Crippen LogP) is 4.50. The largest absolute Gasteiger partial charge is 0.272 e. The Bertz CT molecular complexity index is 389. The zero-order valence-electron chi connectivity index (χ0n) is 11.2. The number of hydrogen-bond donors (Lipinski definition) is 0. The fraction of sp³-hybridized carbons (Fsp3) is 0.667. The Morgan fingerprint density at radius 2 is 2.22 bits per heavy atom. The van der Waals surface area contributed by atoms with E-state index in [0.717, 1.165) is 13.0 Å². The molecule has 0 aliphatic heterocycles. The van der Waals surface area contributed by atoms with Gasteiger partial charge in [-0.3, -0.25) is 4.68 Å². The van der Waals surface area contributed by atoms with E-state index in [1.807, 2.05) is 10.9 Å². The van der Waals surface area contributed by atoms with E-state index >= 15 is 0 Å². The molecule has 1 heterocycles. The lowest BCUT2D eigenvalue weighted by Gasteiger charge is -2.23. The van der Waals surface area contributed by atoms with Crippen LogP contribution in [0.3, 0.4) is 0 Å². The number of alkyl halides is 1. The van der Waals surface area contributed by atoms with E-state index in [-0.39, 0.29) is 0 Å². The Hall–Kier alpha value is -0.760. The van der Waals surface area contributed by atoms with Crippen molar-refractivity contribution in [2.45, 2.75) is 52.0 Å². The van der Waals surface area contributed by atoms with Crippen LogP contribution in [0.15, 0.2) is 18.0 Å². The number of halogens is 1. The molecule has 100 valence electrons. The Morgan fingerprint density at radius 3 is 2.89 bits per heavy atom. The highest BCUT2D eigenvalue weighted by Crippen LogP contribution is 2.31. The van der Waals surface area contributed by atoms with Crippen LogP contribution < -0.4 is 0 Å². The Morgan fingerprint density at radius 1 is 1.44 bits per heavy atom. The molecule has 2 nitrogen and oxygen atoms in total. The first-order valence-corrected chi connectivity index (χ1v) is 7.65. The van der Waals surface area contributed by atoms with E-state index in [9.17, 15) is 0 Å². The number of rotatable bonds is 5. The standard InChI is InChI=1S/C15H23ClN2/c1-2-8-18-12-13(11-17-18)9-15(10-16)14-6-4-3-5-7-14/h9,11-12,14H,2-8,10H2,1H3/b15-9-. The highest BCUT2D eigenvalue weighted by atomic mass is 35.5. The SMILES string of the molecule is CCCn1cc(/C=C(/CCl)C2CCCCC2)cn1. The second-order valence-corrected chi connectivity index (χ2v) is 5.49. The molecule has 18 heavy (non-hydrogen) atoms. The Labute approximate surface area is 115 Å². The van der Waals surface area contributed by atoms with Crippen molar-refractivity contribution in [3.8, 4) is 0 Å². The van der Waals surface area contributed by atoms with Crippen molar-refractivity contribution in [3.05, 3.63) is 23.5 Å². The lowest BCUT2D eigenvalue weighted by atomic mass is 9.84. The summed E-state index contributed by atoms with van der Waals surface area (Å²) in [7, 11) is 0. The quantitative estimate of drug-likeness (QED) is 0.718. The van der Waals surface area contributed by atoms with Crippen LogP contribution in [0.25, 0.3) is 6.08 Å². The monoisotopic (exact) mass is 266 g/mol. The molecular weight excluding hydrogens is 244 g/mol. The van der Waals surface area contributed by atoms with Gasteiger partial charge in [0, 0.05) is 24.2 Å². The molecule has 0 bridgehead atoms. The number of aromatic nitrogens is 2. The minimum absolute atomic E-state index is 0.656. The molecule has 1 fully saturated rings. The van der Waals surface area contributed by atoms with Gasteiger partial charge in [0.1, 0.15) is 0 Å². The first kappa shape index (κ1) is 13.7. The normalized spacial score (nSPS) is 18.2. The van der Waals surface area contributed by atoms with Crippen LogP contribution in [0.4, 0.5) is 0 Å². The van der Waals surface area contributed by atoms with Crippen molar-refractivity contribution in [2.24, 2.45) is 5.92 Å². The third-order valence-electron chi connectivity index (χ3n) is 3.74. The molecule has 0 amide bonds. The van der Waals surface area contributed by atoms with Crippen molar-refractivity contribution in [3.63, 3.8) is 0 Å². The van der Waals surface area contributed by atoms with Crippen LogP contribution in [0.5, 0.6) is 0 Å². The van der Waals surface area contributed by atoms with Crippen LogP contribution in [0, 0.1) is 5.92 Å². The van der Waals surface area contributed by atoms with Gasteiger partial charge >= 0.3 is 0 Å². The molecule has 0 saturated heterocycles. The van der Waals surface area contributed by atoms with E-state index in [2.05, 4.69) is 24.3 Å². The maximum absolute atomic E-state index is 6.12. The Balaban J connectivity index is 2.06.